The summed E-state index contributed by atoms with van der Waals surface area (Å²) in [6, 6.07) is 0. The number of alkyl halides is 1. The van der Waals surface area contributed by atoms with Crippen LogP contribution in [-0.4, -0.2) is 41.0 Å². The average molecular weight is 240 g/mol. The van der Waals surface area contributed by atoms with E-state index >= 15 is 0 Å². The first-order valence-corrected chi connectivity index (χ1v) is 6.41. The van der Waals surface area contributed by atoms with Crippen LogP contribution >= 0.6 is 23.4 Å². The molecule has 3 nitrogen and oxygen atoms in total. The van der Waals surface area contributed by atoms with E-state index in [1.807, 2.05) is 6.26 Å². The molecule has 14 heavy (non-hydrogen) atoms. The first kappa shape index (κ1) is 14.1. The zero-order chi connectivity index (χ0) is 11.2. The van der Waals surface area contributed by atoms with Crippen molar-refractivity contribution in [3.63, 3.8) is 0 Å². The van der Waals surface area contributed by atoms with E-state index in [0.29, 0.717) is 11.6 Å². The molecule has 0 aliphatic carbocycles. The number of amides is 1. The van der Waals surface area contributed by atoms with Gasteiger partial charge in [0.05, 0.1) is 5.60 Å². The fourth-order valence-electron chi connectivity index (χ4n) is 0.884. The largest absolute Gasteiger partial charge is 0.387 e. The van der Waals surface area contributed by atoms with Gasteiger partial charge in [0.15, 0.2) is 0 Å². The molecule has 0 aromatic heterocycles. The van der Waals surface area contributed by atoms with Gasteiger partial charge >= 0.3 is 0 Å². The lowest BCUT2D eigenvalue weighted by molar-refractivity contribution is -0.124. The summed E-state index contributed by atoms with van der Waals surface area (Å²) in [6.45, 7) is 3.73. The molecular weight excluding hydrogens is 222 g/mol. The topological polar surface area (TPSA) is 49.3 Å². The molecule has 2 unspecified atom stereocenters. The molecule has 0 fully saturated rings. The molecule has 2 N–H and O–H groups in total. The Morgan fingerprint density at radius 2 is 2.29 bits per heavy atom. The highest BCUT2D eigenvalue weighted by Crippen LogP contribution is 2.09. The van der Waals surface area contributed by atoms with Gasteiger partial charge in [-0.15, -0.1) is 11.6 Å². The smallest absolute Gasteiger partial charge is 0.224 e. The molecule has 0 aliphatic rings. The second kappa shape index (κ2) is 6.53. The predicted molar refractivity (Wildman–Crippen MR) is 61.9 cm³/mol. The van der Waals surface area contributed by atoms with E-state index in [-0.39, 0.29) is 18.4 Å². The van der Waals surface area contributed by atoms with Gasteiger partial charge in [0.2, 0.25) is 5.91 Å². The van der Waals surface area contributed by atoms with Gasteiger partial charge in [-0.25, -0.2) is 0 Å². The van der Waals surface area contributed by atoms with E-state index in [1.54, 1.807) is 25.6 Å². The van der Waals surface area contributed by atoms with Gasteiger partial charge in [0.25, 0.3) is 0 Å². The van der Waals surface area contributed by atoms with Gasteiger partial charge in [-0.1, -0.05) is 6.92 Å². The Balaban J connectivity index is 3.87. The van der Waals surface area contributed by atoms with Gasteiger partial charge in [-0.05, 0) is 13.2 Å². The number of carbonyl (C=O) groups excluding carboxylic acids is 1. The summed E-state index contributed by atoms with van der Waals surface area (Å²) in [4.78, 5) is 11.3. The standard InChI is InChI=1S/C9H18ClNO2S/c1-7(4-10)8(12)11-5-9(2,13)6-14-3/h7,13H,4-6H2,1-3H3,(H,11,12). The van der Waals surface area contributed by atoms with Crippen LogP contribution in [0.5, 0.6) is 0 Å². The van der Waals surface area contributed by atoms with Crippen molar-refractivity contribution in [3.05, 3.63) is 0 Å². The molecule has 0 aromatic carbocycles. The number of carbonyl (C=O) groups is 1. The molecule has 0 spiro atoms. The quantitative estimate of drug-likeness (QED) is 0.683. The van der Waals surface area contributed by atoms with Gasteiger partial charge in [-0.3, -0.25) is 4.79 Å². The Hall–Kier alpha value is 0.0700. The molecule has 5 heteroatoms. The molecule has 0 aliphatic heterocycles. The first-order valence-electron chi connectivity index (χ1n) is 4.48. The van der Waals surface area contributed by atoms with Crippen molar-refractivity contribution >= 4 is 29.3 Å². The minimum Gasteiger partial charge on any atom is -0.387 e. The van der Waals surface area contributed by atoms with Gasteiger partial charge < -0.3 is 10.4 Å². The molecule has 0 saturated carbocycles. The highest BCUT2D eigenvalue weighted by atomic mass is 35.5. The summed E-state index contributed by atoms with van der Waals surface area (Å²) in [5, 5.41) is 12.4. The zero-order valence-corrected chi connectivity index (χ0v) is 10.4. The molecule has 2 atom stereocenters. The second-order valence-corrected chi connectivity index (χ2v) is 4.88. The van der Waals surface area contributed by atoms with Crippen LogP contribution in [0.2, 0.25) is 0 Å². The maximum Gasteiger partial charge on any atom is 0.224 e. The number of thioether (sulfide) groups is 1. The fraction of sp³-hybridized carbons (Fsp3) is 0.889. The van der Waals surface area contributed by atoms with Crippen LogP contribution < -0.4 is 5.32 Å². The molecule has 0 bridgehead atoms. The van der Waals surface area contributed by atoms with Crippen LogP contribution in [0.1, 0.15) is 13.8 Å². The molecule has 84 valence electrons. The van der Waals surface area contributed by atoms with Gasteiger partial charge in [0.1, 0.15) is 0 Å². The molecule has 0 heterocycles. The molecule has 0 rings (SSSR count). The van der Waals surface area contributed by atoms with Crippen LogP contribution in [0, 0.1) is 5.92 Å². The third-order valence-electron chi connectivity index (χ3n) is 1.78. The van der Waals surface area contributed by atoms with Crippen molar-refractivity contribution in [2.24, 2.45) is 5.92 Å². The lowest BCUT2D eigenvalue weighted by atomic mass is 10.1. The third kappa shape index (κ3) is 5.73. The van der Waals surface area contributed by atoms with Crippen molar-refractivity contribution in [1.29, 1.82) is 0 Å². The summed E-state index contributed by atoms with van der Waals surface area (Å²) >= 11 is 7.08. The summed E-state index contributed by atoms with van der Waals surface area (Å²) in [6.07, 6.45) is 1.91. The average Bonchev–Trinajstić information content (AvgIpc) is 2.13. The Bertz CT molecular complexity index is 188. The van der Waals surface area contributed by atoms with Crippen molar-refractivity contribution in [2.75, 3.05) is 24.4 Å². The van der Waals surface area contributed by atoms with E-state index < -0.39 is 5.60 Å². The van der Waals surface area contributed by atoms with E-state index in [2.05, 4.69) is 5.32 Å². The summed E-state index contributed by atoms with van der Waals surface area (Å²) in [5.74, 6) is 0.585. The Kier molecular flexibility index (Phi) is 6.57. The number of halogens is 1. The van der Waals surface area contributed by atoms with E-state index in [4.69, 9.17) is 11.6 Å². The van der Waals surface area contributed by atoms with E-state index in [0.717, 1.165) is 0 Å². The first-order chi connectivity index (χ1) is 6.43. The normalized spacial score (nSPS) is 17.2. The molecule has 0 saturated heterocycles. The number of hydrogen-bond acceptors (Lipinski definition) is 3. The van der Waals surface area contributed by atoms with Crippen LogP contribution in [0.4, 0.5) is 0 Å². The van der Waals surface area contributed by atoms with Crippen LogP contribution in [0.3, 0.4) is 0 Å². The number of aliphatic hydroxyl groups is 1. The zero-order valence-electron chi connectivity index (χ0n) is 8.84. The summed E-state index contributed by atoms with van der Waals surface area (Å²) in [7, 11) is 0. The van der Waals surface area contributed by atoms with Crippen LogP contribution in [0.25, 0.3) is 0 Å². The van der Waals surface area contributed by atoms with E-state index in [9.17, 15) is 9.90 Å². The molecule has 1 amide bonds. The Labute approximate surface area is 94.6 Å². The number of rotatable bonds is 6. The van der Waals surface area contributed by atoms with Gasteiger partial charge in [0, 0.05) is 24.1 Å². The molecule has 0 radical (unpaired) electrons. The second-order valence-electron chi connectivity index (χ2n) is 3.70. The Morgan fingerprint density at radius 1 is 1.71 bits per heavy atom. The monoisotopic (exact) mass is 239 g/mol. The van der Waals surface area contributed by atoms with E-state index in [1.165, 1.54) is 0 Å². The predicted octanol–water partition coefficient (Wildman–Crippen LogP) is 1.09. The SMILES string of the molecule is CSCC(C)(O)CNC(=O)C(C)CCl. The minimum atomic E-state index is -0.846. The fourth-order valence-corrected chi connectivity index (χ4v) is 1.75. The lowest BCUT2D eigenvalue weighted by Crippen LogP contribution is -2.44. The molecule has 0 aromatic rings. The van der Waals surface area contributed by atoms with Crippen molar-refractivity contribution in [2.45, 2.75) is 19.4 Å². The Morgan fingerprint density at radius 3 is 2.71 bits per heavy atom. The highest BCUT2D eigenvalue weighted by molar-refractivity contribution is 7.98. The minimum absolute atomic E-state index is 0.110. The number of nitrogens with one attached hydrogen (secondary N) is 1. The van der Waals surface area contributed by atoms with Crippen LogP contribution in [-0.2, 0) is 4.79 Å². The van der Waals surface area contributed by atoms with Crippen molar-refractivity contribution in [1.82, 2.24) is 5.32 Å². The number of hydrogen-bond donors (Lipinski definition) is 2. The van der Waals surface area contributed by atoms with Crippen LogP contribution in [0.15, 0.2) is 0 Å². The summed E-state index contributed by atoms with van der Waals surface area (Å²) < 4.78 is 0. The third-order valence-corrected chi connectivity index (χ3v) is 3.15. The van der Waals surface area contributed by atoms with Crippen molar-refractivity contribution in [3.8, 4) is 0 Å². The van der Waals surface area contributed by atoms with Gasteiger partial charge in [-0.2, -0.15) is 11.8 Å². The highest BCUT2D eigenvalue weighted by Gasteiger charge is 2.21. The maximum absolute atomic E-state index is 11.3. The maximum atomic E-state index is 11.3. The lowest BCUT2D eigenvalue weighted by Gasteiger charge is -2.23. The van der Waals surface area contributed by atoms with Crippen molar-refractivity contribution < 1.29 is 9.90 Å². The molecular formula is C9H18ClNO2S. The summed E-state index contributed by atoms with van der Waals surface area (Å²) in [5.41, 5.74) is -0.846.